The van der Waals surface area contributed by atoms with Gasteiger partial charge in [0.15, 0.2) is 6.10 Å². The third kappa shape index (κ3) is 4.97. The summed E-state index contributed by atoms with van der Waals surface area (Å²) in [5, 5.41) is 11.8. The van der Waals surface area contributed by atoms with Crippen LogP contribution in [0.15, 0.2) is 24.3 Å². The molecule has 5 heteroatoms. The molecule has 1 heterocycles. The summed E-state index contributed by atoms with van der Waals surface area (Å²) in [4.78, 5) is 12.3. The van der Waals surface area contributed by atoms with Crippen molar-refractivity contribution in [1.82, 2.24) is 5.32 Å². The number of nitrogens with zero attached hydrogens (tertiary/aromatic N) is 1. The molecule has 1 aliphatic rings. The van der Waals surface area contributed by atoms with Crippen LogP contribution in [0.3, 0.4) is 0 Å². The maximum atomic E-state index is 12.3. The standard InChI is InChI=1S/C19H26N2O3/c1-13(2)18-16(5-4-10-23-18)12-21-19(22)14(3)24-17-8-6-15(11-20)7-9-17/h6-9,13-14,16,18H,4-5,10,12H2,1-3H3,(H,21,22)/t14-,16-,18-/m0/s1. The van der Waals surface area contributed by atoms with Crippen molar-refractivity contribution in [3.05, 3.63) is 29.8 Å². The highest BCUT2D eigenvalue weighted by molar-refractivity contribution is 5.80. The van der Waals surface area contributed by atoms with Gasteiger partial charge in [-0.25, -0.2) is 0 Å². The number of benzene rings is 1. The molecule has 3 atom stereocenters. The lowest BCUT2D eigenvalue weighted by Gasteiger charge is -2.34. The average molecular weight is 330 g/mol. The van der Waals surface area contributed by atoms with Gasteiger partial charge >= 0.3 is 0 Å². The fourth-order valence-electron chi connectivity index (χ4n) is 3.06. The van der Waals surface area contributed by atoms with Crippen molar-refractivity contribution in [2.24, 2.45) is 11.8 Å². The Bertz CT molecular complexity index is 577. The number of rotatable bonds is 6. The van der Waals surface area contributed by atoms with E-state index >= 15 is 0 Å². The van der Waals surface area contributed by atoms with Crippen LogP contribution in [-0.4, -0.2) is 31.3 Å². The van der Waals surface area contributed by atoms with Gasteiger partial charge in [0.25, 0.3) is 5.91 Å². The van der Waals surface area contributed by atoms with E-state index in [0.29, 0.717) is 29.7 Å². The zero-order valence-corrected chi connectivity index (χ0v) is 14.6. The van der Waals surface area contributed by atoms with E-state index in [4.69, 9.17) is 14.7 Å². The molecule has 1 saturated heterocycles. The predicted octanol–water partition coefficient (Wildman–Crippen LogP) is 2.89. The number of hydrogen-bond donors (Lipinski definition) is 1. The molecular weight excluding hydrogens is 304 g/mol. The molecule has 0 unspecified atom stereocenters. The molecule has 1 aromatic carbocycles. The van der Waals surface area contributed by atoms with Gasteiger partial charge < -0.3 is 14.8 Å². The lowest BCUT2D eigenvalue weighted by atomic mass is 9.87. The van der Waals surface area contributed by atoms with Gasteiger partial charge in [-0.3, -0.25) is 4.79 Å². The second-order valence-electron chi connectivity index (χ2n) is 6.62. The smallest absolute Gasteiger partial charge is 0.260 e. The molecule has 1 amide bonds. The first-order valence-corrected chi connectivity index (χ1v) is 8.57. The van der Waals surface area contributed by atoms with E-state index in [2.05, 4.69) is 25.2 Å². The lowest BCUT2D eigenvalue weighted by Crippen LogP contribution is -2.44. The quantitative estimate of drug-likeness (QED) is 0.870. The molecule has 0 saturated carbocycles. The van der Waals surface area contributed by atoms with Crippen LogP contribution < -0.4 is 10.1 Å². The minimum Gasteiger partial charge on any atom is -0.481 e. The number of ether oxygens (including phenoxy) is 2. The summed E-state index contributed by atoms with van der Waals surface area (Å²) in [7, 11) is 0. The highest BCUT2D eigenvalue weighted by Crippen LogP contribution is 2.25. The molecular formula is C19H26N2O3. The van der Waals surface area contributed by atoms with E-state index in [9.17, 15) is 4.79 Å². The lowest BCUT2D eigenvalue weighted by molar-refractivity contribution is -0.128. The largest absolute Gasteiger partial charge is 0.481 e. The van der Waals surface area contributed by atoms with E-state index in [-0.39, 0.29) is 12.0 Å². The van der Waals surface area contributed by atoms with Crippen molar-refractivity contribution >= 4 is 5.91 Å². The Hall–Kier alpha value is -2.06. The molecule has 0 aromatic heterocycles. The topological polar surface area (TPSA) is 71.3 Å². The fraction of sp³-hybridized carbons (Fsp3) is 0.579. The van der Waals surface area contributed by atoms with Gasteiger partial charge in [-0.1, -0.05) is 13.8 Å². The Morgan fingerprint density at radius 3 is 2.71 bits per heavy atom. The van der Waals surface area contributed by atoms with E-state index in [0.717, 1.165) is 19.4 Å². The average Bonchev–Trinajstić information content (AvgIpc) is 2.60. The Morgan fingerprint density at radius 2 is 2.08 bits per heavy atom. The van der Waals surface area contributed by atoms with Crippen LogP contribution >= 0.6 is 0 Å². The normalized spacial score (nSPS) is 21.8. The van der Waals surface area contributed by atoms with Crippen molar-refractivity contribution in [2.45, 2.75) is 45.8 Å². The first-order valence-electron chi connectivity index (χ1n) is 8.57. The summed E-state index contributed by atoms with van der Waals surface area (Å²) in [5.74, 6) is 1.24. The van der Waals surface area contributed by atoms with Crippen LogP contribution in [0.5, 0.6) is 5.75 Å². The maximum absolute atomic E-state index is 12.3. The molecule has 130 valence electrons. The Morgan fingerprint density at radius 1 is 1.38 bits per heavy atom. The molecule has 1 aliphatic heterocycles. The monoisotopic (exact) mass is 330 g/mol. The second kappa shape index (κ2) is 8.70. The third-order valence-electron chi connectivity index (χ3n) is 4.36. The second-order valence-corrected chi connectivity index (χ2v) is 6.62. The van der Waals surface area contributed by atoms with Crippen molar-refractivity contribution in [3.63, 3.8) is 0 Å². The van der Waals surface area contributed by atoms with Gasteiger partial charge in [-0.2, -0.15) is 5.26 Å². The first kappa shape index (κ1) is 18.3. The van der Waals surface area contributed by atoms with E-state index in [1.807, 2.05) is 0 Å². The minimum atomic E-state index is -0.583. The number of carbonyl (C=O) groups excluding carboxylic acids is 1. The highest BCUT2D eigenvalue weighted by Gasteiger charge is 2.29. The Kier molecular flexibility index (Phi) is 6.62. The highest BCUT2D eigenvalue weighted by atomic mass is 16.5. The zero-order valence-electron chi connectivity index (χ0n) is 14.6. The number of amides is 1. The Balaban J connectivity index is 1.83. The van der Waals surface area contributed by atoms with Crippen LogP contribution in [0.1, 0.15) is 39.2 Å². The number of nitriles is 1. The van der Waals surface area contributed by atoms with Crippen LogP contribution in [0, 0.1) is 23.2 Å². The molecule has 0 radical (unpaired) electrons. The number of nitrogens with one attached hydrogen (secondary N) is 1. The van der Waals surface area contributed by atoms with Crippen LogP contribution in [0.2, 0.25) is 0 Å². The molecule has 1 aromatic rings. The zero-order chi connectivity index (χ0) is 17.5. The van der Waals surface area contributed by atoms with Gasteiger partial charge in [0.2, 0.25) is 0 Å². The third-order valence-corrected chi connectivity index (χ3v) is 4.36. The van der Waals surface area contributed by atoms with Crippen molar-refractivity contribution < 1.29 is 14.3 Å². The van der Waals surface area contributed by atoms with Gasteiger partial charge in [0.05, 0.1) is 17.7 Å². The molecule has 1 N–H and O–H groups in total. The summed E-state index contributed by atoms with van der Waals surface area (Å²) >= 11 is 0. The fourth-order valence-corrected chi connectivity index (χ4v) is 3.06. The predicted molar refractivity (Wildman–Crippen MR) is 91.6 cm³/mol. The van der Waals surface area contributed by atoms with Gasteiger partial charge in [-0.15, -0.1) is 0 Å². The van der Waals surface area contributed by atoms with Gasteiger partial charge in [0, 0.05) is 19.1 Å². The van der Waals surface area contributed by atoms with Crippen LogP contribution in [-0.2, 0) is 9.53 Å². The summed E-state index contributed by atoms with van der Waals surface area (Å²) in [6.45, 7) is 7.46. The van der Waals surface area contributed by atoms with E-state index in [1.165, 1.54) is 0 Å². The van der Waals surface area contributed by atoms with Crippen molar-refractivity contribution in [3.8, 4) is 11.8 Å². The molecule has 5 nitrogen and oxygen atoms in total. The SMILES string of the molecule is CC(C)[C@@H]1OCCC[C@H]1CNC(=O)[C@H](C)Oc1ccc(C#N)cc1. The first-order chi connectivity index (χ1) is 11.5. The number of carbonyl (C=O) groups is 1. The summed E-state index contributed by atoms with van der Waals surface area (Å²) in [6, 6.07) is 8.80. The van der Waals surface area contributed by atoms with Gasteiger partial charge in [0.1, 0.15) is 5.75 Å². The van der Waals surface area contributed by atoms with Crippen molar-refractivity contribution in [2.75, 3.05) is 13.2 Å². The summed E-state index contributed by atoms with van der Waals surface area (Å²) < 4.78 is 11.5. The Labute approximate surface area is 144 Å². The summed E-state index contributed by atoms with van der Waals surface area (Å²) in [5.41, 5.74) is 0.566. The molecule has 0 bridgehead atoms. The van der Waals surface area contributed by atoms with Crippen LogP contribution in [0.25, 0.3) is 0 Å². The van der Waals surface area contributed by atoms with E-state index in [1.54, 1.807) is 31.2 Å². The molecule has 24 heavy (non-hydrogen) atoms. The molecule has 1 fully saturated rings. The minimum absolute atomic E-state index is 0.132. The van der Waals surface area contributed by atoms with Crippen LogP contribution in [0.4, 0.5) is 0 Å². The van der Waals surface area contributed by atoms with Gasteiger partial charge in [-0.05, 0) is 49.9 Å². The summed E-state index contributed by atoms with van der Waals surface area (Å²) in [6.07, 6.45) is 1.74. The molecule has 0 spiro atoms. The van der Waals surface area contributed by atoms with E-state index < -0.39 is 6.10 Å². The molecule has 0 aliphatic carbocycles. The maximum Gasteiger partial charge on any atom is 0.260 e. The number of hydrogen-bond acceptors (Lipinski definition) is 4. The van der Waals surface area contributed by atoms with Crippen molar-refractivity contribution in [1.29, 1.82) is 5.26 Å². The molecule has 2 rings (SSSR count).